The first-order valence-corrected chi connectivity index (χ1v) is 9.81. The Morgan fingerprint density at radius 3 is 2.92 bits per heavy atom. The summed E-state index contributed by atoms with van der Waals surface area (Å²) in [4.78, 5) is 14.8. The minimum Gasteiger partial charge on any atom is -0.380 e. The number of allylic oxidation sites excluding steroid dienone is 2. The molecule has 0 aromatic carbocycles. The third kappa shape index (κ3) is 3.97. The van der Waals surface area contributed by atoms with E-state index in [2.05, 4.69) is 25.3 Å². The summed E-state index contributed by atoms with van der Waals surface area (Å²) in [6.45, 7) is 5.95. The van der Waals surface area contributed by atoms with Crippen LogP contribution in [0.4, 0.5) is 0 Å². The van der Waals surface area contributed by atoms with Crippen LogP contribution >= 0.6 is 0 Å². The van der Waals surface area contributed by atoms with Crippen molar-refractivity contribution in [3.8, 4) is 0 Å². The van der Waals surface area contributed by atoms with E-state index in [0.29, 0.717) is 25.5 Å². The molecule has 1 saturated carbocycles. The van der Waals surface area contributed by atoms with Crippen molar-refractivity contribution in [1.82, 2.24) is 14.7 Å². The van der Waals surface area contributed by atoms with Crippen LogP contribution in [0.1, 0.15) is 56.2 Å². The second kappa shape index (κ2) is 7.32. The lowest BCUT2D eigenvalue weighted by molar-refractivity contribution is -0.133. The standard InChI is InChI=1S/C20H29N3O2/c1-2-23-11-18-17(14-25-13-16-7-8-16)10-22(12-19(18)21-23)20(24)9-15-5-3-4-6-15/h3,5,11,15-17H,2,4,6-10,12-14H2,1H3/t15-,17+/m1/s1. The fourth-order valence-corrected chi connectivity index (χ4v) is 3.93. The Labute approximate surface area is 150 Å². The largest absolute Gasteiger partial charge is 0.380 e. The van der Waals surface area contributed by atoms with Gasteiger partial charge in [-0.1, -0.05) is 12.2 Å². The van der Waals surface area contributed by atoms with Crippen molar-refractivity contribution < 1.29 is 9.53 Å². The normalized spacial score (nSPS) is 25.4. The molecule has 0 saturated heterocycles. The number of amides is 1. The molecule has 3 aliphatic rings. The maximum atomic E-state index is 12.8. The van der Waals surface area contributed by atoms with Gasteiger partial charge in [-0.05, 0) is 44.4 Å². The van der Waals surface area contributed by atoms with Gasteiger partial charge >= 0.3 is 0 Å². The van der Waals surface area contributed by atoms with Gasteiger partial charge in [0.2, 0.25) is 5.91 Å². The van der Waals surface area contributed by atoms with E-state index < -0.39 is 0 Å². The van der Waals surface area contributed by atoms with Crippen molar-refractivity contribution in [2.75, 3.05) is 19.8 Å². The smallest absolute Gasteiger partial charge is 0.223 e. The van der Waals surface area contributed by atoms with Crippen LogP contribution in [0, 0.1) is 11.8 Å². The third-order valence-electron chi connectivity index (χ3n) is 5.69. The van der Waals surface area contributed by atoms with E-state index >= 15 is 0 Å². The quantitative estimate of drug-likeness (QED) is 0.715. The van der Waals surface area contributed by atoms with Crippen LogP contribution in [0.3, 0.4) is 0 Å². The van der Waals surface area contributed by atoms with Crippen LogP contribution in [0.15, 0.2) is 18.3 Å². The molecular weight excluding hydrogens is 314 g/mol. The van der Waals surface area contributed by atoms with Gasteiger partial charge in [0.25, 0.3) is 0 Å². The van der Waals surface area contributed by atoms with E-state index in [1.54, 1.807) is 0 Å². The van der Waals surface area contributed by atoms with Crippen molar-refractivity contribution >= 4 is 5.91 Å². The Hall–Kier alpha value is -1.62. The molecule has 2 aliphatic carbocycles. The van der Waals surface area contributed by atoms with Gasteiger partial charge in [-0.25, -0.2) is 0 Å². The molecule has 0 N–H and O–H groups in total. The highest BCUT2D eigenvalue weighted by Gasteiger charge is 2.32. The number of hydrogen-bond acceptors (Lipinski definition) is 3. The molecule has 1 aliphatic heterocycles. The summed E-state index contributed by atoms with van der Waals surface area (Å²) in [6.07, 6.45) is 12.0. The van der Waals surface area contributed by atoms with Crippen LogP contribution in [0.5, 0.6) is 0 Å². The Morgan fingerprint density at radius 1 is 1.32 bits per heavy atom. The summed E-state index contributed by atoms with van der Waals surface area (Å²) in [5.41, 5.74) is 2.34. The minimum atomic E-state index is 0.255. The summed E-state index contributed by atoms with van der Waals surface area (Å²) in [5.74, 6) is 1.71. The molecule has 25 heavy (non-hydrogen) atoms. The number of nitrogens with zero attached hydrogens (tertiary/aromatic N) is 3. The fraction of sp³-hybridized carbons (Fsp3) is 0.700. The summed E-state index contributed by atoms with van der Waals surface area (Å²) in [5, 5.41) is 4.69. The highest BCUT2D eigenvalue weighted by atomic mass is 16.5. The highest BCUT2D eigenvalue weighted by molar-refractivity contribution is 5.77. The molecule has 1 fully saturated rings. The van der Waals surface area contributed by atoms with E-state index in [1.807, 2.05) is 9.58 Å². The van der Waals surface area contributed by atoms with Crippen molar-refractivity contribution in [2.24, 2.45) is 11.8 Å². The molecule has 0 radical (unpaired) electrons. The van der Waals surface area contributed by atoms with Gasteiger partial charge in [-0.2, -0.15) is 5.10 Å². The number of carbonyl (C=O) groups excluding carboxylic acids is 1. The third-order valence-corrected chi connectivity index (χ3v) is 5.69. The highest BCUT2D eigenvalue weighted by Crippen LogP contribution is 2.32. The number of hydrogen-bond donors (Lipinski definition) is 0. The second-order valence-corrected chi connectivity index (χ2v) is 7.81. The number of aryl methyl sites for hydroxylation is 1. The number of carbonyl (C=O) groups is 1. The monoisotopic (exact) mass is 343 g/mol. The van der Waals surface area contributed by atoms with Gasteiger partial charge in [0.05, 0.1) is 18.8 Å². The average Bonchev–Trinajstić information content (AvgIpc) is 3.11. The zero-order valence-electron chi connectivity index (χ0n) is 15.2. The first kappa shape index (κ1) is 16.8. The van der Waals surface area contributed by atoms with Crippen LogP contribution in [-0.2, 0) is 22.6 Å². The molecule has 0 spiro atoms. The van der Waals surface area contributed by atoms with Crippen molar-refractivity contribution in [3.63, 3.8) is 0 Å². The SMILES string of the molecule is CCn1cc2c(n1)CN(C(=O)C[C@@H]1C=CCC1)C[C@H]2COCC1CC1. The van der Waals surface area contributed by atoms with Crippen LogP contribution in [-0.4, -0.2) is 40.3 Å². The van der Waals surface area contributed by atoms with E-state index in [9.17, 15) is 4.79 Å². The zero-order chi connectivity index (χ0) is 17.2. The molecule has 5 heteroatoms. The maximum absolute atomic E-state index is 12.8. The number of ether oxygens (including phenoxy) is 1. The van der Waals surface area contributed by atoms with Gasteiger partial charge in [0.1, 0.15) is 0 Å². The molecule has 4 rings (SSSR count). The zero-order valence-corrected chi connectivity index (χ0v) is 15.2. The molecule has 1 aromatic heterocycles. The van der Waals surface area contributed by atoms with Gasteiger partial charge in [0.15, 0.2) is 0 Å². The second-order valence-electron chi connectivity index (χ2n) is 7.81. The molecule has 2 atom stereocenters. The summed E-state index contributed by atoms with van der Waals surface area (Å²) in [6, 6.07) is 0. The molecular formula is C20H29N3O2. The number of aromatic nitrogens is 2. The van der Waals surface area contributed by atoms with Crippen molar-refractivity contribution in [1.29, 1.82) is 0 Å². The Bertz CT molecular complexity index is 647. The van der Waals surface area contributed by atoms with Crippen molar-refractivity contribution in [2.45, 2.75) is 58.0 Å². The number of fused-ring (bicyclic) bond motifs is 1. The van der Waals surface area contributed by atoms with Crippen molar-refractivity contribution in [3.05, 3.63) is 29.6 Å². The molecule has 1 aromatic rings. The maximum Gasteiger partial charge on any atom is 0.223 e. The predicted octanol–water partition coefficient (Wildman–Crippen LogP) is 3.11. The number of rotatable bonds is 7. The first-order chi connectivity index (χ1) is 12.2. The molecule has 1 amide bonds. The first-order valence-electron chi connectivity index (χ1n) is 9.81. The molecule has 0 bridgehead atoms. The molecule has 5 nitrogen and oxygen atoms in total. The molecule has 0 unspecified atom stereocenters. The lowest BCUT2D eigenvalue weighted by atomic mass is 9.94. The summed E-state index contributed by atoms with van der Waals surface area (Å²) in [7, 11) is 0. The van der Waals surface area contributed by atoms with Gasteiger partial charge in [0, 0.05) is 43.8 Å². The topological polar surface area (TPSA) is 47.4 Å². The average molecular weight is 343 g/mol. The van der Waals surface area contributed by atoms with Crippen LogP contribution in [0.25, 0.3) is 0 Å². The lowest BCUT2D eigenvalue weighted by Gasteiger charge is -2.32. The summed E-state index contributed by atoms with van der Waals surface area (Å²) < 4.78 is 7.96. The van der Waals surface area contributed by atoms with Crippen LogP contribution in [0.2, 0.25) is 0 Å². The van der Waals surface area contributed by atoms with Gasteiger partial charge in [-0.15, -0.1) is 0 Å². The van der Waals surface area contributed by atoms with E-state index in [1.165, 1.54) is 18.4 Å². The van der Waals surface area contributed by atoms with E-state index in [4.69, 9.17) is 9.84 Å². The molecule has 136 valence electrons. The van der Waals surface area contributed by atoms with Gasteiger partial charge in [-0.3, -0.25) is 9.48 Å². The lowest BCUT2D eigenvalue weighted by Crippen LogP contribution is -2.40. The van der Waals surface area contributed by atoms with Crippen LogP contribution < -0.4 is 0 Å². The summed E-state index contributed by atoms with van der Waals surface area (Å²) >= 11 is 0. The Morgan fingerprint density at radius 2 is 2.20 bits per heavy atom. The minimum absolute atomic E-state index is 0.255. The van der Waals surface area contributed by atoms with E-state index in [-0.39, 0.29) is 11.8 Å². The van der Waals surface area contributed by atoms with E-state index in [0.717, 1.165) is 44.1 Å². The predicted molar refractivity (Wildman–Crippen MR) is 96.1 cm³/mol. The fourth-order valence-electron chi connectivity index (χ4n) is 3.93. The Balaban J connectivity index is 1.43. The van der Waals surface area contributed by atoms with Gasteiger partial charge < -0.3 is 9.64 Å². The molecule has 2 heterocycles. The Kier molecular flexibility index (Phi) is 4.93.